The average molecular weight is 270 g/mol. The quantitative estimate of drug-likeness (QED) is 0.585. The van der Waals surface area contributed by atoms with Gasteiger partial charge in [0.25, 0.3) is 0 Å². The van der Waals surface area contributed by atoms with Gasteiger partial charge in [0, 0.05) is 0 Å². The Kier molecular flexibility index (Phi) is 42.6. The predicted octanol–water partition coefficient (Wildman–Crippen LogP) is 6.27. The number of rotatable bonds is 5. The van der Waals surface area contributed by atoms with Crippen molar-refractivity contribution in [2.24, 2.45) is 5.73 Å². The first-order valence-corrected chi connectivity index (χ1v) is 7.68. The van der Waals surface area contributed by atoms with E-state index in [0.29, 0.717) is 0 Å². The molecule has 0 heterocycles. The zero-order chi connectivity index (χ0) is 16.1. The second-order valence-corrected chi connectivity index (χ2v) is 3.85. The summed E-state index contributed by atoms with van der Waals surface area (Å²) in [5, 5.41) is 0. The largest absolute Gasteiger partial charge is 0.333 e. The Hall–Kier alpha value is -0.820. The lowest BCUT2D eigenvalue weighted by molar-refractivity contribution is 0.797. The van der Waals surface area contributed by atoms with Crippen LogP contribution in [0.15, 0.2) is 36.0 Å². The van der Waals surface area contributed by atoms with E-state index in [-0.39, 0.29) is 0 Å². The maximum absolute atomic E-state index is 4.50. The van der Waals surface area contributed by atoms with Gasteiger partial charge in [-0.2, -0.15) is 0 Å². The smallest absolute Gasteiger partial charge is 0.0195 e. The number of hydrogen-bond donors (Lipinski definition) is 1. The molecule has 19 heavy (non-hydrogen) atoms. The van der Waals surface area contributed by atoms with Crippen molar-refractivity contribution in [3.63, 3.8) is 0 Å². The van der Waals surface area contributed by atoms with Crippen molar-refractivity contribution in [1.29, 1.82) is 0 Å². The predicted molar refractivity (Wildman–Crippen MR) is 94.7 cm³/mol. The van der Waals surface area contributed by atoms with Crippen LogP contribution in [-0.2, 0) is 0 Å². The zero-order valence-electron chi connectivity index (χ0n) is 14.8. The van der Waals surface area contributed by atoms with E-state index in [4.69, 9.17) is 0 Å². The van der Waals surface area contributed by atoms with Crippen molar-refractivity contribution in [1.82, 2.24) is 0 Å². The third kappa shape index (κ3) is 38.2. The Morgan fingerprint density at radius 1 is 1.05 bits per heavy atom. The number of hydrogen-bond acceptors (Lipinski definition) is 1. The van der Waals surface area contributed by atoms with Crippen molar-refractivity contribution in [3.8, 4) is 0 Å². The van der Waals surface area contributed by atoms with Crippen molar-refractivity contribution in [2.45, 2.75) is 74.1 Å². The third-order valence-electron chi connectivity index (χ3n) is 1.77. The maximum Gasteiger partial charge on any atom is -0.0195 e. The molecule has 0 spiro atoms. The number of nitrogens with two attached hydrogens (primary N) is 1. The van der Waals surface area contributed by atoms with Crippen LogP contribution in [0.4, 0.5) is 0 Å². The molecule has 2 N–H and O–H groups in total. The molecule has 0 radical (unpaired) electrons. The van der Waals surface area contributed by atoms with Crippen LogP contribution < -0.4 is 5.73 Å². The first-order valence-electron chi connectivity index (χ1n) is 7.68. The first kappa shape index (κ1) is 26.7. The van der Waals surface area contributed by atoms with Gasteiger partial charge in [-0.15, -0.1) is 0 Å². The summed E-state index contributed by atoms with van der Waals surface area (Å²) < 4.78 is 0. The van der Waals surface area contributed by atoms with Crippen LogP contribution in [0.3, 0.4) is 0 Å². The topological polar surface area (TPSA) is 26.0 Å². The van der Waals surface area contributed by atoms with Crippen molar-refractivity contribution in [3.05, 3.63) is 36.0 Å². The standard InChI is InChI=1S/C12H20.C3H8.C2H6.CH5N/c1-5-7-8-12(6-2)10-9-11(3)4;1-3-2;2*1-2/h6,9-10H,3,5,7-8H2,1-2,4H3;3H2,1-2H3;1-2H3;2H2,1H3/b10-9-,12-6-;;;. The first-order chi connectivity index (χ1) is 9.12. The van der Waals surface area contributed by atoms with Crippen LogP contribution in [0.1, 0.15) is 74.1 Å². The SMILES string of the molecule is C=C(C)/C=C\C(=C/C)CCCC.CC.CCC.CN. The maximum atomic E-state index is 4.50. The van der Waals surface area contributed by atoms with Gasteiger partial charge in [-0.1, -0.05) is 83.4 Å². The summed E-state index contributed by atoms with van der Waals surface area (Å²) in [6.07, 6.45) is 11.4. The number of allylic oxidation sites excluding steroid dienone is 5. The summed E-state index contributed by atoms with van der Waals surface area (Å²) in [7, 11) is 1.50. The second-order valence-electron chi connectivity index (χ2n) is 3.85. The Morgan fingerprint density at radius 2 is 1.47 bits per heavy atom. The molecule has 0 saturated heterocycles. The molecule has 116 valence electrons. The highest BCUT2D eigenvalue weighted by Gasteiger charge is 1.89. The molecular weight excluding hydrogens is 230 g/mol. The van der Waals surface area contributed by atoms with Gasteiger partial charge in [-0.3, -0.25) is 0 Å². The molecule has 0 unspecified atom stereocenters. The molecule has 1 nitrogen and oxygen atoms in total. The van der Waals surface area contributed by atoms with Gasteiger partial charge >= 0.3 is 0 Å². The zero-order valence-corrected chi connectivity index (χ0v) is 14.8. The van der Waals surface area contributed by atoms with E-state index in [1.807, 2.05) is 20.8 Å². The number of unbranched alkanes of at least 4 members (excludes halogenated alkanes) is 1. The molecule has 0 aromatic heterocycles. The van der Waals surface area contributed by atoms with Gasteiger partial charge in [0.1, 0.15) is 0 Å². The lowest BCUT2D eigenvalue weighted by Crippen LogP contribution is -1.78. The molecule has 0 bridgehead atoms. The fraction of sp³-hybridized carbons (Fsp3) is 0.667. The lowest BCUT2D eigenvalue weighted by Gasteiger charge is -1.98. The van der Waals surface area contributed by atoms with E-state index in [1.165, 1.54) is 38.3 Å². The second kappa shape index (κ2) is 30.3. The van der Waals surface area contributed by atoms with E-state index in [2.05, 4.69) is 58.2 Å². The van der Waals surface area contributed by atoms with Gasteiger partial charge in [-0.05, 0) is 33.7 Å². The van der Waals surface area contributed by atoms with Crippen molar-refractivity contribution in [2.75, 3.05) is 7.05 Å². The molecule has 0 amide bonds. The van der Waals surface area contributed by atoms with E-state index in [9.17, 15) is 0 Å². The monoisotopic (exact) mass is 269 g/mol. The van der Waals surface area contributed by atoms with E-state index in [1.54, 1.807) is 0 Å². The van der Waals surface area contributed by atoms with Crippen LogP contribution in [0, 0.1) is 0 Å². The molecule has 0 saturated carbocycles. The fourth-order valence-corrected chi connectivity index (χ4v) is 0.954. The minimum absolute atomic E-state index is 1.12. The van der Waals surface area contributed by atoms with Crippen LogP contribution in [0.2, 0.25) is 0 Å². The van der Waals surface area contributed by atoms with Gasteiger partial charge in [0.05, 0.1) is 0 Å². The minimum atomic E-state index is 1.12. The highest BCUT2D eigenvalue weighted by molar-refractivity contribution is 5.24. The molecule has 0 rings (SSSR count). The van der Waals surface area contributed by atoms with Crippen LogP contribution in [0.5, 0.6) is 0 Å². The minimum Gasteiger partial charge on any atom is -0.333 e. The summed E-state index contributed by atoms with van der Waals surface area (Å²) >= 11 is 0. The summed E-state index contributed by atoms with van der Waals surface area (Å²) in [5.41, 5.74) is 7.03. The van der Waals surface area contributed by atoms with E-state index >= 15 is 0 Å². The van der Waals surface area contributed by atoms with Crippen LogP contribution in [0.25, 0.3) is 0 Å². The third-order valence-corrected chi connectivity index (χ3v) is 1.77. The van der Waals surface area contributed by atoms with Crippen LogP contribution in [-0.4, -0.2) is 7.05 Å². The summed E-state index contributed by atoms with van der Waals surface area (Å²) in [6.45, 7) is 18.4. The molecule has 0 fully saturated rings. The summed E-state index contributed by atoms with van der Waals surface area (Å²) in [4.78, 5) is 0. The van der Waals surface area contributed by atoms with Crippen LogP contribution >= 0.6 is 0 Å². The summed E-state index contributed by atoms with van der Waals surface area (Å²) in [6, 6.07) is 0. The molecule has 0 aliphatic rings. The Balaban J connectivity index is -0.000000136. The average Bonchev–Trinajstić information content (AvgIpc) is 2.44. The van der Waals surface area contributed by atoms with Gasteiger partial charge < -0.3 is 5.73 Å². The molecular formula is C18H39N. The lowest BCUT2D eigenvalue weighted by atomic mass is 10.1. The molecule has 0 aromatic carbocycles. The fourth-order valence-electron chi connectivity index (χ4n) is 0.954. The van der Waals surface area contributed by atoms with Crippen molar-refractivity contribution >= 4 is 0 Å². The van der Waals surface area contributed by atoms with Gasteiger partial charge in [-0.25, -0.2) is 0 Å². The highest BCUT2D eigenvalue weighted by atomic mass is 14.4. The van der Waals surface area contributed by atoms with E-state index < -0.39 is 0 Å². The Bertz CT molecular complexity index is 200. The van der Waals surface area contributed by atoms with Crippen molar-refractivity contribution < 1.29 is 0 Å². The molecule has 0 aliphatic heterocycles. The Labute approximate surface area is 123 Å². The normalized spacial score (nSPS) is 9.42. The molecule has 0 atom stereocenters. The van der Waals surface area contributed by atoms with Gasteiger partial charge in [0.15, 0.2) is 0 Å². The van der Waals surface area contributed by atoms with Gasteiger partial charge in [0.2, 0.25) is 0 Å². The summed E-state index contributed by atoms with van der Waals surface area (Å²) in [5.74, 6) is 0. The van der Waals surface area contributed by atoms with E-state index in [0.717, 1.165) is 5.57 Å². The molecule has 1 heteroatoms. The Morgan fingerprint density at radius 3 is 1.74 bits per heavy atom. The highest BCUT2D eigenvalue weighted by Crippen LogP contribution is 2.09. The molecule has 0 aromatic rings. The molecule has 0 aliphatic carbocycles.